The molecule has 0 saturated heterocycles. The fourth-order valence-electron chi connectivity index (χ4n) is 3.25. The van der Waals surface area contributed by atoms with Gasteiger partial charge in [-0.1, -0.05) is 44.2 Å². The number of carbonyl (C=O) groups is 1. The third kappa shape index (κ3) is 2.01. The normalized spacial score (nSPS) is 15.9. The van der Waals surface area contributed by atoms with E-state index in [1.54, 1.807) is 6.92 Å². The van der Waals surface area contributed by atoms with Crippen LogP contribution in [0.1, 0.15) is 37.8 Å². The Labute approximate surface area is 119 Å². The SMILES string of the molecule is CC(=O)Nc1ccc2c(c1)[C@@H](C(C)C)c1ccccc1-2. The van der Waals surface area contributed by atoms with Crippen molar-refractivity contribution in [3.05, 3.63) is 53.6 Å². The molecule has 1 amide bonds. The zero-order chi connectivity index (χ0) is 14.3. The van der Waals surface area contributed by atoms with Gasteiger partial charge in [0, 0.05) is 18.5 Å². The molecule has 1 aliphatic rings. The average molecular weight is 265 g/mol. The van der Waals surface area contributed by atoms with Gasteiger partial charge in [-0.15, -0.1) is 0 Å². The summed E-state index contributed by atoms with van der Waals surface area (Å²) in [5.41, 5.74) is 6.24. The summed E-state index contributed by atoms with van der Waals surface area (Å²) in [6.45, 7) is 6.05. The Kier molecular flexibility index (Phi) is 3.09. The molecule has 2 nitrogen and oxygen atoms in total. The first kappa shape index (κ1) is 12.9. The molecular formula is C18H19NO. The standard InChI is InChI=1S/C18H19NO/c1-11(2)18-16-7-5-4-6-14(16)15-9-8-13(10-17(15)18)19-12(3)20/h4-11,18H,1-3H3,(H,19,20)/t18-/m0/s1. The molecule has 0 unspecified atom stereocenters. The number of nitrogens with one attached hydrogen (secondary N) is 1. The molecule has 2 aromatic rings. The van der Waals surface area contributed by atoms with Crippen LogP contribution in [0.25, 0.3) is 11.1 Å². The Morgan fingerprint density at radius 1 is 1.05 bits per heavy atom. The molecule has 1 N–H and O–H groups in total. The summed E-state index contributed by atoms with van der Waals surface area (Å²) in [5, 5.41) is 2.88. The van der Waals surface area contributed by atoms with E-state index in [1.807, 2.05) is 6.07 Å². The smallest absolute Gasteiger partial charge is 0.221 e. The summed E-state index contributed by atoms with van der Waals surface area (Å²) in [4.78, 5) is 11.2. The number of fused-ring (bicyclic) bond motifs is 3. The summed E-state index contributed by atoms with van der Waals surface area (Å²) < 4.78 is 0. The quantitative estimate of drug-likeness (QED) is 0.856. The van der Waals surface area contributed by atoms with Crippen LogP contribution < -0.4 is 5.32 Å². The molecule has 20 heavy (non-hydrogen) atoms. The molecule has 102 valence electrons. The van der Waals surface area contributed by atoms with Gasteiger partial charge in [0.1, 0.15) is 0 Å². The van der Waals surface area contributed by atoms with Gasteiger partial charge in [0.15, 0.2) is 0 Å². The van der Waals surface area contributed by atoms with E-state index in [-0.39, 0.29) is 5.91 Å². The van der Waals surface area contributed by atoms with Gasteiger partial charge in [-0.05, 0) is 40.3 Å². The van der Waals surface area contributed by atoms with Crippen LogP contribution in [0.2, 0.25) is 0 Å². The zero-order valence-corrected chi connectivity index (χ0v) is 12.1. The molecule has 0 radical (unpaired) electrons. The van der Waals surface area contributed by atoms with Crippen molar-refractivity contribution in [1.82, 2.24) is 0 Å². The summed E-state index contributed by atoms with van der Waals surface area (Å²) in [7, 11) is 0. The molecule has 0 aliphatic heterocycles. The number of hydrogen-bond acceptors (Lipinski definition) is 1. The predicted molar refractivity (Wildman–Crippen MR) is 82.9 cm³/mol. The molecule has 0 fully saturated rings. The third-order valence-electron chi connectivity index (χ3n) is 3.96. The number of hydrogen-bond donors (Lipinski definition) is 1. The molecule has 0 heterocycles. The molecule has 0 saturated carbocycles. The lowest BCUT2D eigenvalue weighted by atomic mass is 9.86. The average Bonchev–Trinajstić information content (AvgIpc) is 2.71. The summed E-state index contributed by atoms with van der Waals surface area (Å²) in [5.74, 6) is 0.918. The van der Waals surface area contributed by atoms with E-state index in [1.165, 1.54) is 22.3 Å². The largest absolute Gasteiger partial charge is 0.326 e. The Bertz CT molecular complexity index is 673. The van der Waals surface area contributed by atoms with E-state index in [4.69, 9.17) is 0 Å². The minimum Gasteiger partial charge on any atom is -0.326 e. The van der Waals surface area contributed by atoms with Crippen molar-refractivity contribution < 1.29 is 4.79 Å². The van der Waals surface area contributed by atoms with Crippen molar-refractivity contribution >= 4 is 11.6 Å². The Morgan fingerprint density at radius 2 is 1.75 bits per heavy atom. The van der Waals surface area contributed by atoms with E-state index >= 15 is 0 Å². The number of anilines is 1. The van der Waals surface area contributed by atoms with E-state index < -0.39 is 0 Å². The van der Waals surface area contributed by atoms with E-state index in [0.717, 1.165) is 5.69 Å². The fourth-order valence-corrected chi connectivity index (χ4v) is 3.25. The highest BCUT2D eigenvalue weighted by molar-refractivity contribution is 5.90. The van der Waals surface area contributed by atoms with Gasteiger partial charge in [-0.25, -0.2) is 0 Å². The molecule has 2 aromatic carbocycles. The first-order valence-electron chi connectivity index (χ1n) is 7.08. The molecule has 2 heteroatoms. The van der Waals surface area contributed by atoms with Gasteiger partial charge >= 0.3 is 0 Å². The highest BCUT2D eigenvalue weighted by Crippen LogP contribution is 2.48. The van der Waals surface area contributed by atoms with Crippen molar-refractivity contribution in [1.29, 1.82) is 0 Å². The lowest BCUT2D eigenvalue weighted by molar-refractivity contribution is -0.114. The molecule has 0 spiro atoms. The topological polar surface area (TPSA) is 29.1 Å². The van der Waals surface area contributed by atoms with E-state index in [9.17, 15) is 4.79 Å². The fraction of sp³-hybridized carbons (Fsp3) is 0.278. The highest BCUT2D eigenvalue weighted by atomic mass is 16.1. The maximum Gasteiger partial charge on any atom is 0.221 e. The van der Waals surface area contributed by atoms with Crippen molar-refractivity contribution in [3.63, 3.8) is 0 Å². The van der Waals surface area contributed by atoms with Crippen LogP contribution in [0.5, 0.6) is 0 Å². The molecule has 0 aromatic heterocycles. The van der Waals surface area contributed by atoms with Crippen molar-refractivity contribution in [2.45, 2.75) is 26.7 Å². The molecule has 1 atom stereocenters. The lowest BCUT2D eigenvalue weighted by Gasteiger charge is -2.18. The van der Waals surface area contributed by atoms with Gasteiger partial charge in [-0.3, -0.25) is 4.79 Å². The van der Waals surface area contributed by atoms with E-state index in [2.05, 4.69) is 55.6 Å². The second-order valence-corrected chi connectivity index (χ2v) is 5.79. The van der Waals surface area contributed by atoms with Crippen molar-refractivity contribution in [3.8, 4) is 11.1 Å². The van der Waals surface area contributed by atoms with Crippen LogP contribution in [0, 0.1) is 5.92 Å². The molecule has 0 bridgehead atoms. The molecule has 1 aliphatic carbocycles. The summed E-state index contributed by atoms with van der Waals surface area (Å²) in [6, 6.07) is 14.8. The zero-order valence-electron chi connectivity index (χ0n) is 12.1. The maximum atomic E-state index is 11.2. The van der Waals surface area contributed by atoms with Gasteiger partial charge in [0.05, 0.1) is 0 Å². The monoisotopic (exact) mass is 265 g/mol. The van der Waals surface area contributed by atoms with Gasteiger partial charge in [0.2, 0.25) is 5.91 Å². The first-order valence-corrected chi connectivity index (χ1v) is 7.08. The predicted octanol–water partition coefficient (Wildman–Crippen LogP) is 4.41. The second kappa shape index (κ2) is 4.78. The Morgan fingerprint density at radius 3 is 2.45 bits per heavy atom. The molecular weight excluding hydrogens is 246 g/mol. The minimum atomic E-state index is -0.0263. The van der Waals surface area contributed by atoms with Crippen molar-refractivity contribution in [2.75, 3.05) is 5.32 Å². The summed E-state index contributed by atoms with van der Waals surface area (Å²) >= 11 is 0. The van der Waals surface area contributed by atoms with Crippen molar-refractivity contribution in [2.24, 2.45) is 5.92 Å². The second-order valence-electron chi connectivity index (χ2n) is 5.79. The number of amides is 1. The lowest BCUT2D eigenvalue weighted by Crippen LogP contribution is -2.08. The van der Waals surface area contributed by atoms with Gasteiger partial charge < -0.3 is 5.32 Å². The van der Waals surface area contributed by atoms with Crippen LogP contribution in [-0.4, -0.2) is 5.91 Å². The molecule has 3 rings (SSSR count). The number of benzene rings is 2. The number of carbonyl (C=O) groups excluding carboxylic acids is 1. The van der Waals surface area contributed by atoms with Crippen LogP contribution >= 0.6 is 0 Å². The van der Waals surface area contributed by atoms with Crippen LogP contribution in [0.15, 0.2) is 42.5 Å². The highest BCUT2D eigenvalue weighted by Gasteiger charge is 2.30. The first-order chi connectivity index (χ1) is 9.58. The minimum absolute atomic E-state index is 0.0263. The van der Waals surface area contributed by atoms with Gasteiger partial charge in [-0.2, -0.15) is 0 Å². The maximum absolute atomic E-state index is 11.2. The van der Waals surface area contributed by atoms with Crippen LogP contribution in [0.3, 0.4) is 0 Å². The Hall–Kier alpha value is -2.09. The van der Waals surface area contributed by atoms with Crippen LogP contribution in [-0.2, 0) is 4.79 Å². The van der Waals surface area contributed by atoms with Gasteiger partial charge in [0.25, 0.3) is 0 Å². The van der Waals surface area contributed by atoms with Crippen LogP contribution in [0.4, 0.5) is 5.69 Å². The third-order valence-corrected chi connectivity index (χ3v) is 3.96. The number of rotatable bonds is 2. The van der Waals surface area contributed by atoms with E-state index in [0.29, 0.717) is 11.8 Å². The Balaban J connectivity index is 2.14. The summed E-state index contributed by atoms with van der Waals surface area (Å²) in [6.07, 6.45) is 0.